The molecule has 2 N–H and O–H groups in total. The number of carbonyl (C=O) groups is 2. The molecule has 0 saturated carbocycles. The summed E-state index contributed by atoms with van der Waals surface area (Å²) >= 11 is 0. The lowest BCUT2D eigenvalue weighted by Crippen LogP contribution is -2.16. The van der Waals surface area contributed by atoms with Gasteiger partial charge < -0.3 is 10.6 Å². The van der Waals surface area contributed by atoms with Gasteiger partial charge in [-0.25, -0.2) is 0 Å². The highest BCUT2D eigenvalue weighted by Gasteiger charge is 2.07. The second-order valence-electron chi connectivity index (χ2n) is 11.7. The predicted molar refractivity (Wildman–Crippen MR) is 179 cm³/mol. The Morgan fingerprint density at radius 3 is 1.33 bits per heavy atom. The van der Waals surface area contributed by atoms with Crippen LogP contribution in [0.5, 0.6) is 0 Å². The van der Waals surface area contributed by atoms with E-state index >= 15 is 0 Å². The van der Waals surface area contributed by atoms with E-state index in [1.807, 2.05) is 30.3 Å². The summed E-state index contributed by atoms with van der Waals surface area (Å²) in [6, 6.07) is 14.5. The molecule has 0 radical (unpaired) electrons. The zero-order chi connectivity index (χ0) is 30.3. The molecule has 0 bridgehead atoms. The van der Waals surface area contributed by atoms with Gasteiger partial charge in [0.15, 0.2) is 0 Å². The van der Waals surface area contributed by atoms with Gasteiger partial charge in [0.2, 0.25) is 17.2 Å². The van der Waals surface area contributed by atoms with E-state index in [1.54, 1.807) is 12.1 Å². The molecular formula is C37H56N2O3. The molecule has 0 aliphatic rings. The van der Waals surface area contributed by atoms with Crippen LogP contribution in [-0.2, 0) is 9.59 Å². The minimum Gasteiger partial charge on any atom is -0.326 e. The summed E-state index contributed by atoms with van der Waals surface area (Å²) in [5, 5.41) is 5.78. The molecule has 0 spiro atoms. The highest BCUT2D eigenvalue weighted by Crippen LogP contribution is 2.22. The molecule has 0 aromatic heterocycles. The van der Waals surface area contributed by atoms with E-state index in [1.165, 1.54) is 96.0 Å². The Hall–Kier alpha value is -2.95. The molecule has 2 aromatic carbocycles. The zero-order valence-corrected chi connectivity index (χ0v) is 26.5. The number of benzene rings is 1. The molecule has 2 amide bonds. The largest absolute Gasteiger partial charge is 0.326 e. The van der Waals surface area contributed by atoms with Crippen molar-refractivity contribution in [2.75, 3.05) is 10.6 Å². The number of hydrogen-bond acceptors (Lipinski definition) is 3. The van der Waals surface area contributed by atoms with Gasteiger partial charge in [-0.2, -0.15) is 0 Å². The van der Waals surface area contributed by atoms with Crippen LogP contribution in [0.15, 0.2) is 53.3 Å². The van der Waals surface area contributed by atoms with Crippen LogP contribution in [0.1, 0.15) is 142 Å². The van der Waals surface area contributed by atoms with Crippen LogP contribution >= 0.6 is 0 Å². The van der Waals surface area contributed by atoms with E-state index in [2.05, 4.69) is 24.5 Å². The van der Waals surface area contributed by atoms with Crippen molar-refractivity contribution >= 4 is 23.2 Å². The van der Waals surface area contributed by atoms with Gasteiger partial charge in [-0.1, -0.05) is 141 Å². The van der Waals surface area contributed by atoms with Gasteiger partial charge in [-0.3, -0.25) is 14.4 Å². The van der Waals surface area contributed by atoms with Crippen molar-refractivity contribution in [3.05, 3.63) is 58.8 Å². The molecule has 2 rings (SSSR count). The monoisotopic (exact) mass is 576 g/mol. The Morgan fingerprint density at radius 2 is 0.857 bits per heavy atom. The van der Waals surface area contributed by atoms with Gasteiger partial charge in [-0.05, 0) is 48.2 Å². The van der Waals surface area contributed by atoms with Crippen LogP contribution in [0.25, 0.3) is 11.1 Å². The minimum atomic E-state index is -0.206. The summed E-state index contributed by atoms with van der Waals surface area (Å²) in [5.74, 6) is -0.0612. The Bertz CT molecular complexity index is 1080. The Balaban J connectivity index is 1.68. The molecule has 0 aliphatic heterocycles. The molecule has 2 aromatic rings. The lowest BCUT2D eigenvalue weighted by Gasteiger charge is -2.06. The van der Waals surface area contributed by atoms with Crippen molar-refractivity contribution in [3.63, 3.8) is 0 Å². The lowest BCUT2D eigenvalue weighted by atomic mass is 10.0. The summed E-state index contributed by atoms with van der Waals surface area (Å²) in [6.45, 7) is 4.45. The molecule has 0 unspecified atom stereocenters. The van der Waals surface area contributed by atoms with Gasteiger partial charge in [0, 0.05) is 18.5 Å². The average molecular weight is 577 g/mol. The quantitative estimate of drug-likeness (QED) is 0.129. The Labute approximate surface area is 255 Å². The third-order valence-corrected chi connectivity index (χ3v) is 7.90. The van der Waals surface area contributed by atoms with E-state index in [9.17, 15) is 14.4 Å². The Kier molecular flexibility index (Phi) is 19.0. The van der Waals surface area contributed by atoms with Gasteiger partial charge in [-0.15, -0.1) is 0 Å². The van der Waals surface area contributed by atoms with Gasteiger partial charge in [0.05, 0.1) is 5.69 Å². The normalized spacial score (nSPS) is 10.9. The highest BCUT2D eigenvalue weighted by molar-refractivity contribution is 5.91. The number of nitrogens with one attached hydrogen (secondary N) is 2. The first-order valence-electron chi connectivity index (χ1n) is 16.9. The summed E-state index contributed by atoms with van der Waals surface area (Å²) in [6.07, 6.45) is 23.1. The van der Waals surface area contributed by atoms with Crippen LogP contribution in [0.4, 0.5) is 11.4 Å². The molecule has 232 valence electrons. The summed E-state index contributed by atoms with van der Waals surface area (Å²) in [7, 11) is 0. The number of anilines is 2. The number of hydrogen-bond donors (Lipinski definition) is 2. The molecule has 0 fully saturated rings. The van der Waals surface area contributed by atoms with E-state index in [4.69, 9.17) is 0 Å². The third kappa shape index (κ3) is 15.9. The number of rotatable bonds is 23. The number of amides is 2. The zero-order valence-electron chi connectivity index (χ0n) is 26.5. The second kappa shape index (κ2) is 22.6. The smallest absolute Gasteiger partial charge is 0.224 e. The van der Waals surface area contributed by atoms with Crippen molar-refractivity contribution in [2.45, 2.75) is 142 Å². The summed E-state index contributed by atoms with van der Waals surface area (Å²) < 4.78 is 0. The van der Waals surface area contributed by atoms with Crippen LogP contribution in [0, 0.1) is 0 Å². The number of carbonyl (C=O) groups excluding carboxylic acids is 2. The van der Waals surface area contributed by atoms with E-state index in [-0.39, 0.29) is 17.2 Å². The van der Waals surface area contributed by atoms with Gasteiger partial charge in [0.1, 0.15) is 0 Å². The van der Waals surface area contributed by atoms with Crippen LogP contribution in [-0.4, -0.2) is 11.8 Å². The van der Waals surface area contributed by atoms with E-state index < -0.39 is 0 Å². The molecule has 0 atom stereocenters. The molecule has 0 saturated heterocycles. The first-order chi connectivity index (χ1) is 20.5. The fraction of sp³-hybridized carbons (Fsp3) is 0.595. The summed E-state index contributed by atoms with van der Waals surface area (Å²) in [5.41, 5.74) is 2.68. The molecule has 0 aliphatic carbocycles. The molecular weight excluding hydrogens is 520 g/mol. The SMILES string of the molecule is CCCCCCCCCCCCCCCC(=O)Nc1ccc(-c2ccc(NC(=O)CCCCCCC)cc2)ccc1=O. The molecule has 5 nitrogen and oxygen atoms in total. The minimum absolute atomic E-state index is 0.0422. The van der Waals surface area contributed by atoms with E-state index in [0.717, 1.165) is 42.5 Å². The second-order valence-corrected chi connectivity index (χ2v) is 11.7. The molecule has 5 heteroatoms. The van der Waals surface area contributed by atoms with Crippen molar-refractivity contribution in [1.82, 2.24) is 0 Å². The lowest BCUT2D eigenvalue weighted by molar-refractivity contribution is -0.117. The fourth-order valence-electron chi connectivity index (χ4n) is 5.24. The first kappa shape index (κ1) is 35.2. The first-order valence-corrected chi connectivity index (χ1v) is 16.9. The van der Waals surface area contributed by atoms with Crippen LogP contribution in [0.3, 0.4) is 0 Å². The summed E-state index contributed by atoms with van der Waals surface area (Å²) in [4.78, 5) is 37.3. The average Bonchev–Trinajstić information content (AvgIpc) is 3.17. The van der Waals surface area contributed by atoms with Crippen molar-refractivity contribution in [3.8, 4) is 11.1 Å². The van der Waals surface area contributed by atoms with Crippen molar-refractivity contribution in [2.24, 2.45) is 0 Å². The predicted octanol–water partition coefficient (Wildman–Crippen LogP) is 10.4. The number of unbranched alkanes of at least 4 members (excludes halogenated alkanes) is 16. The maximum atomic E-state index is 12.6. The maximum absolute atomic E-state index is 12.6. The van der Waals surface area contributed by atoms with Crippen LogP contribution < -0.4 is 16.1 Å². The maximum Gasteiger partial charge on any atom is 0.224 e. The molecule has 42 heavy (non-hydrogen) atoms. The van der Waals surface area contributed by atoms with Crippen LogP contribution in [0.2, 0.25) is 0 Å². The molecule has 0 heterocycles. The van der Waals surface area contributed by atoms with Crippen molar-refractivity contribution < 1.29 is 9.59 Å². The van der Waals surface area contributed by atoms with Gasteiger partial charge in [0.25, 0.3) is 0 Å². The van der Waals surface area contributed by atoms with Crippen molar-refractivity contribution in [1.29, 1.82) is 0 Å². The highest BCUT2D eigenvalue weighted by atomic mass is 16.2. The van der Waals surface area contributed by atoms with E-state index in [0.29, 0.717) is 18.5 Å². The standard InChI is InChI=1S/C37H56N2O3/c1-3-5-7-9-10-11-12-13-14-15-16-18-20-22-37(42)39-34-29-25-32(26-30-35(34)40)31-23-27-33(28-24-31)38-36(41)21-19-17-8-6-4-2/h23-30H,3-22H2,1-2H3,(H,38,41)(H,39,40,42). The third-order valence-electron chi connectivity index (χ3n) is 7.90. The Morgan fingerprint density at radius 1 is 0.476 bits per heavy atom. The van der Waals surface area contributed by atoms with Gasteiger partial charge >= 0.3 is 0 Å². The fourth-order valence-corrected chi connectivity index (χ4v) is 5.24. The topological polar surface area (TPSA) is 75.3 Å².